The minimum Gasteiger partial charge on any atom is -0.493 e. The average Bonchev–Trinajstić information content (AvgIpc) is 3.92. The van der Waals surface area contributed by atoms with E-state index in [1.54, 1.807) is 18.2 Å². The van der Waals surface area contributed by atoms with E-state index in [9.17, 15) is 24.3 Å². The Hall–Kier alpha value is -2.00. The van der Waals surface area contributed by atoms with Crippen LogP contribution in [0.5, 0.6) is 5.88 Å². The molecule has 1 aromatic heterocycles. The van der Waals surface area contributed by atoms with E-state index in [2.05, 4.69) is 10.2 Å². The largest absolute Gasteiger partial charge is 2.00 e. The van der Waals surface area contributed by atoms with Crippen LogP contribution in [0.4, 0.5) is 11.4 Å². The molecule has 10 nitrogen and oxygen atoms in total. The number of aromatic hydroxyl groups is 1. The number of carbonyl (C=O) groups is 2. The number of hydrogen-bond acceptors (Lipinski definition) is 7. The normalized spacial score (nSPS) is 18.7. The van der Waals surface area contributed by atoms with Gasteiger partial charge in [-0.1, -0.05) is 110 Å². The van der Waals surface area contributed by atoms with Gasteiger partial charge in [-0.2, -0.15) is 0 Å². The molecule has 50 heavy (non-hydrogen) atoms. The molecule has 1 radical (unpaired) electrons. The zero-order valence-corrected chi connectivity index (χ0v) is 32.6. The minimum absolute atomic E-state index is 0. The van der Waals surface area contributed by atoms with Crippen LogP contribution in [0.3, 0.4) is 0 Å². The second-order valence-corrected chi connectivity index (χ2v) is 13.8. The number of benzene rings is 1. The van der Waals surface area contributed by atoms with Crippen molar-refractivity contribution in [2.75, 3.05) is 0 Å². The Morgan fingerprint density at radius 3 is 1.60 bits per heavy atom. The first-order valence-electron chi connectivity index (χ1n) is 18.4. The van der Waals surface area contributed by atoms with Gasteiger partial charge in [-0.15, -0.1) is 10.2 Å². The number of amides is 2. The third kappa shape index (κ3) is 9.90. The summed E-state index contributed by atoms with van der Waals surface area (Å²) in [5.74, 6) is -1.30. The second kappa shape index (κ2) is 21.5. The topological polar surface area (TPSA) is 126 Å². The van der Waals surface area contributed by atoms with Crippen molar-refractivity contribution in [2.45, 2.75) is 160 Å². The number of aromatic nitrogens is 2. The summed E-state index contributed by atoms with van der Waals surface area (Å²) >= 11 is 0. The van der Waals surface area contributed by atoms with Crippen molar-refractivity contribution >= 4 is 23.2 Å². The van der Waals surface area contributed by atoms with Crippen LogP contribution in [-0.4, -0.2) is 37.0 Å². The molecule has 1 aromatic carbocycles. The molecule has 4 aliphatic carbocycles. The monoisotopic (exact) mass is 822 g/mol. The minimum atomic E-state index is -0.680. The molecule has 13 heteroatoms. The standard InChI is InChI=1S/C27H33N5O5.2C5H10.Cu.2Fe/c1-3-16(4-2)30-23(33)19-14-9-15-20(21(19)24(30)34)28-29-22-25(35)31(17-10-5-6-11-17)27(37)32(26(22)36)18-12-7-8-13-18;2*1-2-4-5-3-1;;;/h9,14-18,35H,3-8,10-13H2,1-2H3;2*1-5H2;;;/q;;;+2;;. The molecular formula is C37H53CuFe2N5O5+2. The predicted molar refractivity (Wildman–Crippen MR) is 183 cm³/mol. The Morgan fingerprint density at radius 2 is 1.14 bits per heavy atom. The Labute approximate surface area is 328 Å². The summed E-state index contributed by atoms with van der Waals surface area (Å²) in [5.41, 5.74) is -0.957. The van der Waals surface area contributed by atoms with Gasteiger partial charge in [0.2, 0.25) is 11.6 Å². The molecule has 5 aliphatic rings. The molecule has 1 aliphatic heterocycles. The number of fused-ring (bicyclic) bond motifs is 1. The first-order chi connectivity index (χ1) is 22.9. The third-order valence-corrected chi connectivity index (χ3v) is 10.6. The van der Waals surface area contributed by atoms with Gasteiger partial charge in [-0.25, -0.2) is 4.79 Å². The van der Waals surface area contributed by atoms with Crippen LogP contribution < -0.4 is 11.2 Å². The van der Waals surface area contributed by atoms with Crippen LogP contribution in [0.25, 0.3) is 0 Å². The fourth-order valence-corrected chi connectivity index (χ4v) is 7.91. The van der Waals surface area contributed by atoms with E-state index in [1.807, 2.05) is 13.8 Å². The molecule has 0 saturated heterocycles. The van der Waals surface area contributed by atoms with Crippen molar-refractivity contribution in [3.8, 4) is 5.88 Å². The molecule has 4 saturated carbocycles. The van der Waals surface area contributed by atoms with Crippen LogP contribution in [0, 0.1) is 0 Å². The van der Waals surface area contributed by atoms with Crippen LogP contribution in [0.2, 0.25) is 0 Å². The number of azo groups is 1. The van der Waals surface area contributed by atoms with Crippen molar-refractivity contribution < 1.29 is 65.9 Å². The number of imide groups is 1. The van der Waals surface area contributed by atoms with Gasteiger partial charge in [0.15, 0.2) is 0 Å². The Kier molecular flexibility index (Phi) is 19.0. The van der Waals surface area contributed by atoms with Crippen molar-refractivity contribution in [1.82, 2.24) is 14.0 Å². The zero-order chi connectivity index (χ0) is 33.3. The molecule has 2 heterocycles. The number of nitrogens with zero attached hydrogens (tertiary/aromatic N) is 5. The molecule has 0 bridgehead atoms. The zero-order valence-electron chi connectivity index (χ0n) is 29.4. The van der Waals surface area contributed by atoms with E-state index in [-0.39, 0.29) is 97.7 Å². The van der Waals surface area contributed by atoms with Crippen LogP contribution in [0.15, 0.2) is 38.0 Å². The first-order valence-corrected chi connectivity index (χ1v) is 18.4. The summed E-state index contributed by atoms with van der Waals surface area (Å²) < 4.78 is 2.54. The van der Waals surface area contributed by atoms with Crippen molar-refractivity contribution in [3.05, 3.63) is 50.2 Å². The number of rotatable bonds is 7. The Bertz CT molecular complexity index is 1530. The molecule has 0 atom stereocenters. The summed E-state index contributed by atoms with van der Waals surface area (Å²) in [6.45, 7) is 3.85. The van der Waals surface area contributed by atoms with Crippen molar-refractivity contribution in [2.24, 2.45) is 10.2 Å². The smallest absolute Gasteiger partial charge is 0.493 e. The van der Waals surface area contributed by atoms with Crippen LogP contribution in [-0.2, 0) is 51.2 Å². The predicted octanol–water partition coefficient (Wildman–Crippen LogP) is 9.04. The Balaban J connectivity index is 0.000000574. The van der Waals surface area contributed by atoms with Gasteiger partial charge >= 0.3 is 22.8 Å². The molecule has 281 valence electrons. The van der Waals surface area contributed by atoms with Gasteiger partial charge in [0.25, 0.3) is 17.4 Å². The Morgan fingerprint density at radius 1 is 0.680 bits per heavy atom. The summed E-state index contributed by atoms with van der Waals surface area (Å²) in [6, 6.07) is 4.09. The van der Waals surface area contributed by atoms with E-state index in [1.165, 1.54) is 78.2 Å². The summed E-state index contributed by atoms with van der Waals surface area (Å²) in [4.78, 5) is 54.4. The SMILES string of the molecule is C1CCCC1.C1CCCC1.CCC(CC)N1C(=O)c2cccc(N=Nc3c(O)n(C4CCCC4)c(=O)n(C4CCCC4)c3=O)c2C1=O.[Cu+2].[Fe].[Fe]. The third-order valence-electron chi connectivity index (χ3n) is 10.6. The maximum absolute atomic E-state index is 13.5. The van der Waals surface area contributed by atoms with Gasteiger partial charge in [0, 0.05) is 52.3 Å². The molecule has 2 amide bonds. The van der Waals surface area contributed by atoms with Crippen LogP contribution in [0.1, 0.15) is 175 Å². The van der Waals surface area contributed by atoms with Crippen molar-refractivity contribution in [3.63, 3.8) is 0 Å². The fourth-order valence-electron chi connectivity index (χ4n) is 7.91. The van der Waals surface area contributed by atoms with E-state index in [4.69, 9.17) is 0 Å². The summed E-state index contributed by atoms with van der Waals surface area (Å²) in [5, 5.41) is 19.4. The number of carbonyl (C=O) groups excluding carboxylic acids is 2. The van der Waals surface area contributed by atoms with Gasteiger partial charge < -0.3 is 5.11 Å². The van der Waals surface area contributed by atoms with Crippen molar-refractivity contribution in [1.29, 1.82) is 0 Å². The van der Waals surface area contributed by atoms with Gasteiger partial charge in [0.1, 0.15) is 0 Å². The number of hydrogen-bond donors (Lipinski definition) is 1. The van der Waals surface area contributed by atoms with E-state index >= 15 is 0 Å². The first kappa shape index (κ1) is 44.2. The van der Waals surface area contributed by atoms with E-state index < -0.39 is 23.0 Å². The summed E-state index contributed by atoms with van der Waals surface area (Å²) in [6.07, 6.45) is 22.9. The van der Waals surface area contributed by atoms with Gasteiger partial charge in [-0.05, 0) is 50.7 Å². The molecule has 2 aromatic rings. The van der Waals surface area contributed by atoms with E-state index in [0.717, 1.165) is 51.4 Å². The van der Waals surface area contributed by atoms with E-state index in [0.29, 0.717) is 12.8 Å². The molecular weight excluding hydrogens is 770 g/mol. The molecule has 4 fully saturated rings. The fraction of sp³-hybridized carbons (Fsp3) is 0.676. The molecule has 0 spiro atoms. The van der Waals surface area contributed by atoms with Gasteiger partial charge in [0.05, 0.1) is 16.8 Å². The molecule has 1 N–H and O–H groups in total. The maximum Gasteiger partial charge on any atom is 2.00 e. The molecule has 7 rings (SSSR count). The average molecular weight is 823 g/mol. The summed E-state index contributed by atoms with van der Waals surface area (Å²) in [7, 11) is 0. The quantitative estimate of drug-likeness (QED) is 0.170. The van der Waals surface area contributed by atoms with Crippen LogP contribution >= 0.6 is 0 Å². The maximum atomic E-state index is 13.5. The van der Waals surface area contributed by atoms with Gasteiger partial charge in [-0.3, -0.25) is 28.4 Å². The second-order valence-electron chi connectivity index (χ2n) is 13.8. The molecule has 0 unspecified atom stereocenters.